The van der Waals surface area contributed by atoms with Gasteiger partial charge in [-0.2, -0.15) is 0 Å². The molecular weight excluding hydrogens is 276 g/mol. The minimum absolute atomic E-state index is 0. The first-order valence-electron chi connectivity index (χ1n) is 6.91. The number of carbonyl (C=O) groups is 1. The molecule has 1 aliphatic heterocycles. The van der Waals surface area contributed by atoms with Crippen molar-refractivity contribution < 1.29 is 9.53 Å². The molecule has 0 saturated carbocycles. The van der Waals surface area contributed by atoms with Crippen LogP contribution in [0.25, 0.3) is 0 Å². The molecule has 20 heavy (non-hydrogen) atoms. The van der Waals surface area contributed by atoms with Gasteiger partial charge >= 0.3 is 0 Å². The number of para-hydroxylation sites is 1. The van der Waals surface area contributed by atoms with Gasteiger partial charge in [-0.3, -0.25) is 4.79 Å². The number of rotatable bonds is 6. The van der Waals surface area contributed by atoms with Crippen molar-refractivity contribution in [2.24, 2.45) is 0 Å². The van der Waals surface area contributed by atoms with E-state index in [1.54, 1.807) is 7.11 Å². The quantitative estimate of drug-likeness (QED) is 0.843. The lowest BCUT2D eigenvalue weighted by molar-refractivity contribution is -0.121. The monoisotopic (exact) mass is 298 g/mol. The summed E-state index contributed by atoms with van der Waals surface area (Å²) in [6, 6.07) is 8.29. The molecule has 1 fully saturated rings. The highest BCUT2D eigenvalue weighted by Gasteiger charge is 2.14. The van der Waals surface area contributed by atoms with Gasteiger partial charge in [0.1, 0.15) is 5.75 Å². The van der Waals surface area contributed by atoms with Gasteiger partial charge in [-0.15, -0.1) is 12.4 Å². The maximum absolute atomic E-state index is 11.8. The van der Waals surface area contributed by atoms with Crippen LogP contribution in [-0.2, 0) is 11.2 Å². The minimum atomic E-state index is 0. The molecule has 5 heteroatoms. The molecule has 112 valence electrons. The summed E-state index contributed by atoms with van der Waals surface area (Å²) in [5, 5.41) is 6.36. The number of carbonyl (C=O) groups excluding carboxylic acids is 1. The van der Waals surface area contributed by atoms with Gasteiger partial charge in [-0.05, 0) is 37.4 Å². The number of ether oxygens (including phenoxy) is 1. The van der Waals surface area contributed by atoms with Crippen molar-refractivity contribution in [1.82, 2.24) is 10.6 Å². The van der Waals surface area contributed by atoms with E-state index in [1.807, 2.05) is 24.3 Å². The molecule has 0 radical (unpaired) electrons. The van der Waals surface area contributed by atoms with Crippen molar-refractivity contribution in [3.8, 4) is 5.75 Å². The molecular formula is C15H23ClN2O2. The average molecular weight is 299 g/mol. The van der Waals surface area contributed by atoms with Crippen LogP contribution >= 0.6 is 12.4 Å². The number of halogens is 1. The third-order valence-electron chi connectivity index (χ3n) is 3.52. The second-order valence-electron chi connectivity index (χ2n) is 4.91. The Bertz CT molecular complexity index is 420. The molecule has 4 nitrogen and oxygen atoms in total. The molecule has 2 N–H and O–H groups in total. The number of amides is 1. The number of benzene rings is 1. The van der Waals surface area contributed by atoms with Crippen LogP contribution in [0.3, 0.4) is 0 Å². The van der Waals surface area contributed by atoms with Crippen LogP contribution in [0.2, 0.25) is 0 Å². The highest BCUT2D eigenvalue weighted by Crippen LogP contribution is 2.18. The lowest BCUT2D eigenvalue weighted by Gasteiger charge is -2.12. The van der Waals surface area contributed by atoms with Gasteiger partial charge in [0.25, 0.3) is 0 Å². The van der Waals surface area contributed by atoms with Crippen LogP contribution in [0.5, 0.6) is 5.75 Å². The van der Waals surface area contributed by atoms with Crippen LogP contribution in [-0.4, -0.2) is 32.1 Å². The normalized spacial score (nSPS) is 17.4. The number of hydrogen-bond donors (Lipinski definition) is 2. The van der Waals surface area contributed by atoms with Crippen molar-refractivity contribution in [3.05, 3.63) is 29.8 Å². The van der Waals surface area contributed by atoms with Crippen LogP contribution in [0.15, 0.2) is 24.3 Å². The summed E-state index contributed by atoms with van der Waals surface area (Å²) in [5.74, 6) is 0.965. The van der Waals surface area contributed by atoms with Crippen molar-refractivity contribution in [2.75, 3.05) is 20.2 Å². The van der Waals surface area contributed by atoms with Gasteiger partial charge in [-0.25, -0.2) is 0 Å². The van der Waals surface area contributed by atoms with E-state index in [0.717, 1.165) is 30.8 Å². The van der Waals surface area contributed by atoms with E-state index in [1.165, 1.54) is 6.42 Å². The number of nitrogens with one attached hydrogen (secondary N) is 2. The summed E-state index contributed by atoms with van der Waals surface area (Å²) in [5.41, 5.74) is 1.08. The Labute approximate surface area is 126 Å². The maximum atomic E-state index is 11.8. The fourth-order valence-corrected chi connectivity index (χ4v) is 2.41. The van der Waals surface area contributed by atoms with Crippen molar-refractivity contribution in [3.63, 3.8) is 0 Å². The largest absolute Gasteiger partial charge is 0.496 e. The molecule has 1 aromatic carbocycles. The number of methoxy groups -OCH3 is 1. The first-order chi connectivity index (χ1) is 9.29. The first kappa shape index (κ1) is 16.8. The summed E-state index contributed by atoms with van der Waals surface area (Å²) < 4.78 is 5.28. The van der Waals surface area contributed by atoms with Crippen LogP contribution < -0.4 is 15.4 Å². The van der Waals surface area contributed by atoms with Gasteiger partial charge in [-0.1, -0.05) is 18.2 Å². The van der Waals surface area contributed by atoms with E-state index in [9.17, 15) is 4.79 Å². The molecule has 0 spiro atoms. The van der Waals surface area contributed by atoms with Crippen molar-refractivity contribution in [1.29, 1.82) is 0 Å². The molecule has 1 unspecified atom stereocenters. The number of hydrogen-bond acceptors (Lipinski definition) is 3. The zero-order valence-corrected chi connectivity index (χ0v) is 12.7. The SMILES string of the molecule is COc1ccccc1CCC(=O)NCC1CCCN1.Cl. The molecule has 1 saturated heterocycles. The average Bonchev–Trinajstić information content (AvgIpc) is 2.96. The third-order valence-corrected chi connectivity index (χ3v) is 3.52. The van der Waals surface area contributed by atoms with Gasteiger partial charge in [0.2, 0.25) is 5.91 Å². The zero-order chi connectivity index (χ0) is 13.5. The molecule has 1 heterocycles. The predicted molar refractivity (Wildman–Crippen MR) is 82.6 cm³/mol. The minimum Gasteiger partial charge on any atom is -0.496 e. The first-order valence-corrected chi connectivity index (χ1v) is 6.91. The van der Waals surface area contributed by atoms with E-state index in [4.69, 9.17) is 4.74 Å². The van der Waals surface area contributed by atoms with Crippen molar-refractivity contribution >= 4 is 18.3 Å². The summed E-state index contributed by atoms with van der Waals surface area (Å²) in [6.45, 7) is 1.81. The Kier molecular flexibility index (Phi) is 7.41. The Morgan fingerprint density at radius 1 is 1.45 bits per heavy atom. The van der Waals surface area contributed by atoms with Gasteiger partial charge < -0.3 is 15.4 Å². The smallest absolute Gasteiger partial charge is 0.220 e. The van der Waals surface area contributed by atoms with E-state index >= 15 is 0 Å². The second kappa shape index (κ2) is 8.82. The Hall–Kier alpha value is -1.26. The lowest BCUT2D eigenvalue weighted by atomic mass is 10.1. The summed E-state index contributed by atoms with van der Waals surface area (Å²) >= 11 is 0. The molecule has 1 aromatic rings. The highest BCUT2D eigenvalue weighted by molar-refractivity contribution is 5.85. The molecule has 1 amide bonds. The Balaban J connectivity index is 0.00000200. The highest BCUT2D eigenvalue weighted by atomic mass is 35.5. The summed E-state index contributed by atoms with van der Waals surface area (Å²) in [4.78, 5) is 11.8. The third kappa shape index (κ3) is 5.02. The molecule has 0 aliphatic carbocycles. The van der Waals surface area contributed by atoms with Gasteiger partial charge in [0, 0.05) is 19.0 Å². The van der Waals surface area contributed by atoms with Crippen LogP contribution in [0.1, 0.15) is 24.8 Å². The Morgan fingerprint density at radius 2 is 2.25 bits per heavy atom. The standard InChI is InChI=1S/C15H22N2O2.ClH/c1-19-14-7-3-2-5-12(14)8-9-15(18)17-11-13-6-4-10-16-13;/h2-3,5,7,13,16H,4,6,8-11H2,1H3,(H,17,18);1H. The molecule has 1 atom stereocenters. The summed E-state index contributed by atoms with van der Waals surface area (Å²) in [7, 11) is 1.66. The maximum Gasteiger partial charge on any atom is 0.220 e. The fourth-order valence-electron chi connectivity index (χ4n) is 2.41. The topological polar surface area (TPSA) is 50.4 Å². The molecule has 0 aromatic heterocycles. The van der Waals surface area contributed by atoms with E-state index in [-0.39, 0.29) is 18.3 Å². The fraction of sp³-hybridized carbons (Fsp3) is 0.533. The van der Waals surface area contributed by atoms with Crippen molar-refractivity contribution in [2.45, 2.75) is 31.7 Å². The zero-order valence-electron chi connectivity index (χ0n) is 11.9. The molecule has 0 bridgehead atoms. The number of aryl methyl sites for hydroxylation is 1. The van der Waals surface area contributed by atoms with Crippen LogP contribution in [0, 0.1) is 0 Å². The molecule has 2 rings (SSSR count). The van der Waals surface area contributed by atoms with Crippen LogP contribution in [0.4, 0.5) is 0 Å². The van der Waals surface area contributed by atoms with E-state index < -0.39 is 0 Å². The summed E-state index contributed by atoms with van der Waals surface area (Å²) in [6.07, 6.45) is 3.59. The molecule has 1 aliphatic rings. The predicted octanol–water partition coefficient (Wildman–Crippen LogP) is 1.92. The second-order valence-corrected chi connectivity index (χ2v) is 4.91. The lowest BCUT2D eigenvalue weighted by Crippen LogP contribution is -2.37. The van der Waals surface area contributed by atoms with Gasteiger partial charge in [0.15, 0.2) is 0 Å². The van der Waals surface area contributed by atoms with E-state index in [0.29, 0.717) is 18.9 Å². The Morgan fingerprint density at radius 3 is 2.95 bits per heavy atom. The van der Waals surface area contributed by atoms with E-state index in [2.05, 4.69) is 10.6 Å². The van der Waals surface area contributed by atoms with Gasteiger partial charge in [0.05, 0.1) is 7.11 Å².